The van der Waals surface area contributed by atoms with Gasteiger partial charge in [-0.05, 0) is 85.5 Å². The van der Waals surface area contributed by atoms with Crippen LogP contribution in [0.3, 0.4) is 0 Å². The Labute approximate surface area is 421 Å². The number of alkyl halides is 2. The third-order valence-corrected chi connectivity index (χ3v) is 18.8. The molecular formula is C50H78Cl3LiN4O5Si2. The van der Waals surface area contributed by atoms with Crippen LogP contribution in [0.15, 0.2) is 48.5 Å². The van der Waals surface area contributed by atoms with Gasteiger partial charge in [0.25, 0.3) is 11.1 Å². The van der Waals surface area contributed by atoms with Crippen LogP contribution in [0.5, 0.6) is 0 Å². The average Bonchev–Trinajstić information content (AvgIpc) is 3.20. The molecule has 2 aliphatic heterocycles. The number of hydrogen-bond acceptors (Lipinski definition) is 5. The molecule has 0 aromatic heterocycles. The summed E-state index contributed by atoms with van der Waals surface area (Å²) in [4.78, 5) is 62.7. The third-order valence-electron chi connectivity index (χ3n) is 12.6. The number of rotatable bonds is 8. The molecule has 65 heavy (non-hydrogen) atoms. The topological polar surface area (TPSA) is 127 Å². The van der Waals surface area contributed by atoms with Crippen molar-refractivity contribution in [3.8, 4) is 0 Å². The van der Waals surface area contributed by atoms with Gasteiger partial charge in [0.15, 0.2) is 0 Å². The molecule has 2 saturated heterocycles. The van der Waals surface area contributed by atoms with Crippen molar-refractivity contribution in [2.45, 2.75) is 192 Å². The summed E-state index contributed by atoms with van der Waals surface area (Å²) in [7, 11) is -2.21. The number of nitrogens with one attached hydrogen (secondary N) is 2. The van der Waals surface area contributed by atoms with E-state index in [-0.39, 0.29) is 67.9 Å². The number of fused-ring (bicyclic) bond motifs is 2. The quantitative estimate of drug-likeness (QED) is 0.0896. The van der Waals surface area contributed by atoms with Gasteiger partial charge >= 0.3 is 18.9 Å². The average molecular weight is 985 g/mol. The van der Waals surface area contributed by atoms with Crippen LogP contribution in [0.2, 0.25) is 39.3 Å². The molecule has 15 heteroatoms. The van der Waals surface area contributed by atoms with Crippen molar-refractivity contribution in [3.05, 3.63) is 75.4 Å². The van der Waals surface area contributed by atoms with Crippen molar-refractivity contribution < 1.29 is 42.8 Å². The van der Waals surface area contributed by atoms with Crippen LogP contribution in [-0.4, -0.2) is 68.4 Å². The SMILES string of the molecule is C.C[Si](C)(C)[N-][Si](C)(C)C.O=C(Cl)c1ccc(CCl)cc1.O=C(N[C@H]1CCCCCC[C@H]1C(=O)N1C(=O)[C@@H]2CCCCCC[C@@H]21)c1ccc(CCl)cc1.O=C1N[C@H]2CCCCCC[C@@H]12.[Li+]. The van der Waals surface area contributed by atoms with Gasteiger partial charge in [0, 0.05) is 35.0 Å². The van der Waals surface area contributed by atoms with E-state index in [1.165, 1.54) is 44.9 Å². The number of carbonyl (C=O) groups excluding carboxylic acids is 5. The molecule has 5 fully saturated rings. The summed E-state index contributed by atoms with van der Waals surface area (Å²) in [5.74, 6) is 1.06. The molecule has 358 valence electrons. The molecule has 7 rings (SSSR count). The van der Waals surface area contributed by atoms with Gasteiger partial charge in [-0.15, -0.1) is 23.2 Å². The molecule has 3 aliphatic carbocycles. The van der Waals surface area contributed by atoms with Crippen LogP contribution < -0.4 is 29.5 Å². The van der Waals surface area contributed by atoms with E-state index in [9.17, 15) is 24.0 Å². The number of β-lactam (4-membered cyclic amide) rings is 2. The first kappa shape index (κ1) is 59.2. The first-order valence-electron chi connectivity index (χ1n) is 23.6. The van der Waals surface area contributed by atoms with E-state index in [0.717, 1.165) is 81.8 Å². The van der Waals surface area contributed by atoms with E-state index < -0.39 is 21.7 Å². The van der Waals surface area contributed by atoms with Crippen molar-refractivity contribution in [1.29, 1.82) is 0 Å². The van der Waals surface area contributed by atoms with Crippen LogP contribution >= 0.6 is 34.8 Å². The van der Waals surface area contributed by atoms with Gasteiger partial charge in [-0.2, -0.15) is 0 Å². The normalized spacial score (nSPS) is 24.2. The van der Waals surface area contributed by atoms with Crippen LogP contribution in [0.1, 0.15) is 155 Å². The second kappa shape index (κ2) is 29.2. The Kier molecular flexibility index (Phi) is 26.6. The fourth-order valence-electron chi connectivity index (χ4n) is 9.62. The molecule has 2 aromatic carbocycles. The minimum Gasteiger partial charge on any atom is -0.668 e. The molecule has 4 amide bonds. The van der Waals surface area contributed by atoms with Crippen molar-refractivity contribution >= 4 is 80.1 Å². The van der Waals surface area contributed by atoms with E-state index in [1.807, 2.05) is 12.1 Å². The van der Waals surface area contributed by atoms with Crippen molar-refractivity contribution in [3.63, 3.8) is 0 Å². The second-order valence-corrected chi connectivity index (χ2v) is 30.4. The van der Waals surface area contributed by atoms with Gasteiger partial charge in [0.05, 0.1) is 23.8 Å². The Bertz CT molecular complexity index is 1780. The van der Waals surface area contributed by atoms with E-state index >= 15 is 0 Å². The molecule has 6 atom stereocenters. The first-order valence-corrected chi connectivity index (χ1v) is 32.0. The van der Waals surface area contributed by atoms with Gasteiger partial charge in [-0.3, -0.25) is 28.9 Å². The molecular weight excluding hydrogens is 906 g/mol. The minimum absolute atomic E-state index is 0. The molecule has 2 aromatic rings. The predicted molar refractivity (Wildman–Crippen MR) is 271 cm³/mol. The zero-order chi connectivity index (χ0) is 46.2. The number of imide groups is 1. The predicted octanol–water partition coefficient (Wildman–Crippen LogP) is 10.1. The first-order chi connectivity index (χ1) is 29.9. The molecule has 0 bridgehead atoms. The summed E-state index contributed by atoms with van der Waals surface area (Å²) >= 11 is 16.6. The van der Waals surface area contributed by atoms with E-state index in [2.05, 4.69) is 49.9 Å². The summed E-state index contributed by atoms with van der Waals surface area (Å²) in [5, 5.41) is 5.69. The van der Waals surface area contributed by atoms with Crippen LogP contribution in [0.25, 0.3) is 4.65 Å². The molecule has 0 unspecified atom stereocenters. The Balaban J connectivity index is 0.000000358. The summed E-state index contributed by atoms with van der Waals surface area (Å²) < 4.78 is 4.82. The largest absolute Gasteiger partial charge is 1.00 e. The number of benzene rings is 2. The van der Waals surface area contributed by atoms with Crippen LogP contribution in [0, 0.1) is 17.8 Å². The third kappa shape index (κ3) is 19.5. The Morgan fingerprint density at radius 2 is 1.09 bits per heavy atom. The minimum atomic E-state index is -1.11. The number of halogens is 3. The van der Waals surface area contributed by atoms with Gasteiger partial charge in [0.1, 0.15) is 0 Å². The number of likely N-dealkylation sites (tertiary alicyclic amines) is 1. The van der Waals surface area contributed by atoms with Gasteiger partial charge < -0.3 is 15.3 Å². The number of nitrogens with zero attached hydrogens (tertiary/aromatic N) is 2. The van der Waals surface area contributed by atoms with Gasteiger partial charge in [-0.1, -0.05) is 164 Å². The number of carbonyl (C=O) groups is 5. The Morgan fingerprint density at radius 3 is 1.55 bits per heavy atom. The summed E-state index contributed by atoms with van der Waals surface area (Å²) in [6.07, 6.45) is 19.7. The summed E-state index contributed by atoms with van der Waals surface area (Å²) in [5.41, 5.74) is 3.02. The molecule has 0 radical (unpaired) electrons. The maximum absolute atomic E-state index is 13.7. The molecule has 3 saturated carbocycles. The molecule has 5 aliphatic rings. The Morgan fingerprint density at radius 1 is 0.646 bits per heavy atom. The smallest absolute Gasteiger partial charge is 0.668 e. The van der Waals surface area contributed by atoms with Crippen molar-refractivity contribution in [2.24, 2.45) is 17.8 Å². The monoisotopic (exact) mass is 982 g/mol. The molecule has 9 nitrogen and oxygen atoms in total. The van der Waals surface area contributed by atoms with Crippen LogP contribution in [-0.2, 0) is 26.1 Å². The standard InChI is InChI=1S/C26H35ClN2O3.C9H15NO.C8H6Cl2O.C6H18NSi2.CH4.Li/c27-17-18-13-15-19(16-14-18)24(30)28-22-11-7-3-1-5-9-20(22)25(31)29-23-12-8-4-2-6-10-21(23)26(29)32;11-9-7-5-3-1-2-4-6-8(7)10-9;9-5-6-1-3-7(4-2-6)8(10)11;1-8(2,3)7-9(4,5)6;;/h13-16,20-23H,1-12,17H2,(H,28,30);7-8H,1-6H2,(H,10,11);1-4H,5H2;1-6H3;1H4;/q;;;-1;;+1/t20-,21-,22+,23+;7-,8+;;;;/m11..../s1. The van der Waals surface area contributed by atoms with Crippen LogP contribution in [0.4, 0.5) is 0 Å². The van der Waals surface area contributed by atoms with Gasteiger partial charge in [0.2, 0.25) is 17.7 Å². The second-order valence-electron chi connectivity index (χ2n) is 20.0. The van der Waals surface area contributed by atoms with Gasteiger partial charge in [-0.25, -0.2) is 0 Å². The zero-order valence-corrected chi connectivity index (χ0v) is 44.1. The summed E-state index contributed by atoms with van der Waals surface area (Å²) in [6, 6.07) is 14.5. The molecule has 2 N–H and O–H groups in total. The Hall–Kier alpha value is -1.95. The maximum Gasteiger partial charge on any atom is 1.00 e. The zero-order valence-electron chi connectivity index (χ0n) is 39.8. The fraction of sp³-hybridized carbons (Fsp3) is 0.660. The summed E-state index contributed by atoms with van der Waals surface area (Å²) in [6.45, 7) is 13.8. The number of hydrogen-bond donors (Lipinski definition) is 2. The van der Waals surface area contributed by atoms with Crippen molar-refractivity contribution in [1.82, 2.24) is 15.5 Å². The maximum atomic E-state index is 13.7. The number of amides is 4. The molecule has 2 heterocycles. The van der Waals surface area contributed by atoms with E-state index in [0.29, 0.717) is 40.8 Å². The van der Waals surface area contributed by atoms with E-state index in [4.69, 9.17) is 39.5 Å². The van der Waals surface area contributed by atoms with E-state index in [1.54, 1.807) is 41.3 Å². The molecule has 0 spiro atoms. The fourth-order valence-corrected chi connectivity index (χ4v) is 18.2. The van der Waals surface area contributed by atoms with Crippen molar-refractivity contribution in [2.75, 3.05) is 0 Å².